The average Bonchev–Trinajstić information content (AvgIpc) is 2.71. The van der Waals surface area contributed by atoms with Crippen LogP contribution in [0, 0.1) is 0 Å². The topological polar surface area (TPSA) is 3.01 Å². The largest absolute Gasteiger partial charge is 0.368 e. The summed E-state index contributed by atoms with van der Waals surface area (Å²) < 4.78 is 0. The molecular weight excluding hydrogens is 110 g/mol. The molecule has 0 aromatic heterocycles. The van der Waals surface area contributed by atoms with Crippen LogP contribution < -0.4 is 4.90 Å². The zero-order valence-corrected chi connectivity index (χ0v) is 5.25. The number of para-hydroxylation sites is 1. The SMILES string of the molecule is c1ccc(N2CC2)cc1. The Labute approximate surface area is 54.9 Å². The van der Waals surface area contributed by atoms with Gasteiger partial charge in [0, 0.05) is 18.8 Å². The summed E-state index contributed by atoms with van der Waals surface area (Å²) in [6, 6.07) is 10.5. The van der Waals surface area contributed by atoms with Crippen LogP contribution in [0.3, 0.4) is 0 Å². The van der Waals surface area contributed by atoms with Crippen molar-refractivity contribution in [2.24, 2.45) is 0 Å². The van der Waals surface area contributed by atoms with Gasteiger partial charge >= 0.3 is 0 Å². The Kier molecular flexibility index (Phi) is 0.950. The molecule has 0 radical (unpaired) electrons. The van der Waals surface area contributed by atoms with E-state index in [0.29, 0.717) is 0 Å². The molecule has 0 N–H and O–H groups in total. The Morgan fingerprint density at radius 3 is 2.22 bits per heavy atom. The van der Waals surface area contributed by atoms with E-state index in [4.69, 9.17) is 0 Å². The van der Waals surface area contributed by atoms with Gasteiger partial charge < -0.3 is 4.90 Å². The standard InChI is InChI=1S/C8H9N/c1-2-4-8(5-3-1)9-6-7-9/h1-5H,6-7H2. The van der Waals surface area contributed by atoms with Crippen molar-refractivity contribution in [2.75, 3.05) is 18.0 Å². The Hall–Kier alpha value is -0.980. The van der Waals surface area contributed by atoms with Gasteiger partial charge in [-0.15, -0.1) is 0 Å². The van der Waals surface area contributed by atoms with E-state index in [1.165, 1.54) is 18.8 Å². The summed E-state index contributed by atoms with van der Waals surface area (Å²) in [4.78, 5) is 2.33. The number of rotatable bonds is 1. The Morgan fingerprint density at radius 2 is 1.67 bits per heavy atom. The molecule has 1 aromatic carbocycles. The van der Waals surface area contributed by atoms with Gasteiger partial charge in [-0.1, -0.05) is 18.2 Å². The molecular formula is C8H9N. The highest BCUT2D eigenvalue weighted by Crippen LogP contribution is 2.18. The molecule has 1 aromatic rings. The molecule has 0 atom stereocenters. The maximum Gasteiger partial charge on any atom is 0.0367 e. The minimum absolute atomic E-state index is 1.24. The van der Waals surface area contributed by atoms with Crippen LogP contribution in [-0.2, 0) is 0 Å². The summed E-state index contributed by atoms with van der Waals surface area (Å²) in [5.41, 5.74) is 1.36. The Morgan fingerprint density at radius 1 is 1.00 bits per heavy atom. The van der Waals surface area contributed by atoms with E-state index in [1.807, 2.05) is 6.07 Å². The van der Waals surface area contributed by atoms with Crippen molar-refractivity contribution in [3.05, 3.63) is 30.3 Å². The molecule has 46 valence electrons. The monoisotopic (exact) mass is 119 g/mol. The summed E-state index contributed by atoms with van der Waals surface area (Å²) in [6.07, 6.45) is 0. The fraction of sp³-hybridized carbons (Fsp3) is 0.250. The Bertz CT molecular complexity index is 189. The smallest absolute Gasteiger partial charge is 0.0367 e. The van der Waals surface area contributed by atoms with Gasteiger partial charge in [0.25, 0.3) is 0 Å². The normalized spacial score (nSPS) is 15.8. The molecule has 2 rings (SSSR count). The maximum atomic E-state index is 2.33. The summed E-state index contributed by atoms with van der Waals surface area (Å²) in [7, 11) is 0. The van der Waals surface area contributed by atoms with Crippen LogP contribution in [0.5, 0.6) is 0 Å². The first kappa shape index (κ1) is 4.86. The number of benzene rings is 1. The zero-order valence-electron chi connectivity index (χ0n) is 5.25. The lowest BCUT2D eigenvalue weighted by Crippen LogP contribution is -1.87. The second-order valence-electron chi connectivity index (χ2n) is 2.32. The van der Waals surface area contributed by atoms with E-state index in [0.717, 1.165) is 0 Å². The fourth-order valence-electron chi connectivity index (χ4n) is 0.947. The first-order chi connectivity index (χ1) is 4.47. The van der Waals surface area contributed by atoms with Crippen LogP contribution in [0.15, 0.2) is 30.3 Å². The first-order valence-corrected chi connectivity index (χ1v) is 3.27. The second-order valence-corrected chi connectivity index (χ2v) is 2.32. The lowest BCUT2D eigenvalue weighted by Gasteiger charge is -1.98. The average molecular weight is 119 g/mol. The van der Waals surface area contributed by atoms with Crippen molar-refractivity contribution in [2.45, 2.75) is 0 Å². The van der Waals surface area contributed by atoms with Gasteiger partial charge in [0.15, 0.2) is 0 Å². The van der Waals surface area contributed by atoms with Crippen LogP contribution in [0.4, 0.5) is 5.69 Å². The van der Waals surface area contributed by atoms with E-state index < -0.39 is 0 Å². The Balaban J connectivity index is 2.29. The molecule has 0 aliphatic carbocycles. The van der Waals surface area contributed by atoms with Gasteiger partial charge in [-0.25, -0.2) is 0 Å². The predicted octanol–water partition coefficient (Wildman–Crippen LogP) is 1.51. The molecule has 0 spiro atoms. The maximum absolute atomic E-state index is 2.33. The molecule has 1 heterocycles. The summed E-state index contributed by atoms with van der Waals surface area (Å²) in [5, 5.41) is 0. The zero-order chi connectivity index (χ0) is 6.10. The second kappa shape index (κ2) is 1.76. The molecule has 0 saturated carbocycles. The van der Waals surface area contributed by atoms with Crippen LogP contribution in [0.2, 0.25) is 0 Å². The van der Waals surface area contributed by atoms with Crippen LogP contribution >= 0.6 is 0 Å². The number of nitrogens with zero attached hydrogens (tertiary/aromatic N) is 1. The molecule has 1 aliphatic rings. The lowest BCUT2D eigenvalue weighted by molar-refractivity contribution is 1.40. The van der Waals surface area contributed by atoms with Gasteiger partial charge in [0.2, 0.25) is 0 Å². The van der Waals surface area contributed by atoms with Gasteiger partial charge in [-0.2, -0.15) is 0 Å². The quantitative estimate of drug-likeness (QED) is 0.506. The van der Waals surface area contributed by atoms with E-state index in [2.05, 4.69) is 29.2 Å². The number of hydrogen-bond acceptors (Lipinski definition) is 1. The van der Waals surface area contributed by atoms with Gasteiger partial charge in [-0.3, -0.25) is 0 Å². The minimum Gasteiger partial charge on any atom is -0.368 e. The van der Waals surface area contributed by atoms with Crippen molar-refractivity contribution in [3.63, 3.8) is 0 Å². The predicted molar refractivity (Wildman–Crippen MR) is 38.7 cm³/mol. The molecule has 0 unspecified atom stereocenters. The van der Waals surface area contributed by atoms with Gasteiger partial charge in [0.1, 0.15) is 0 Å². The van der Waals surface area contributed by atoms with Crippen molar-refractivity contribution < 1.29 is 0 Å². The van der Waals surface area contributed by atoms with Crippen molar-refractivity contribution in [1.29, 1.82) is 0 Å². The van der Waals surface area contributed by atoms with E-state index in [9.17, 15) is 0 Å². The van der Waals surface area contributed by atoms with Crippen LogP contribution in [-0.4, -0.2) is 13.1 Å². The first-order valence-electron chi connectivity index (χ1n) is 3.27. The highest BCUT2D eigenvalue weighted by atomic mass is 15.3. The summed E-state index contributed by atoms with van der Waals surface area (Å²) >= 11 is 0. The van der Waals surface area contributed by atoms with Crippen molar-refractivity contribution >= 4 is 5.69 Å². The van der Waals surface area contributed by atoms with Gasteiger partial charge in [-0.05, 0) is 12.1 Å². The summed E-state index contributed by atoms with van der Waals surface area (Å²) in [5.74, 6) is 0. The number of anilines is 1. The highest BCUT2D eigenvalue weighted by molar-refractivity contribution is 5.50. The molecule has 0 bridgehead atoms. The van der Waals surface area contributed by atoms with E-state index in [1.54, 1.807) is 0 Å². The minimum atomic E-state index is 1.24. The summed E-state index contributed by atoms with van der Waals surface area (Å²) in [6.45, 7) is 2.48. The molecule has 1 nitrogen and oxygen atoms in total. The van der Waals surface area contributed by atoms with E-state index >= 15 is 0 Å². The van der Waals surface area contributed by atoms with E-state index in [-0.39, 0.29) is 0 Å². The third-order valence-electron chi connectivity index (χ3n) is 1.57. The molecule has 1 aliphatic heterocycles. The van der Waals surface area contributed by atoms with Crippen molar-refractivity contribution in [3.8, 4) is 0 Å². The molecule has 1 heteroatoms. The molecule has 1 fully saturated rings. The third kappa shape index (κ3) is 0.900. The number of hydrogen-bond donors (Lipinski definition) is 0. The lowest BCUT2D eigenvalue weighted by atomic mass is 10.3. The highest BCUT2D eigenvalue weighted by Gasteiger charge is 2.16. The van der Waals surface area contributed by atoms with Crippen molar-refractivity contribution in [1.82, 2.24) is 0 Å². The third-order valence-corrected chi connectivity index (χ3v) is 1.57. The fourth-order valence-corrected chi connectivity index (χ4v) is 0.947. The molecule has 0 amide bonds. The van der Waals surface area contributed by atoms with Crippen LogP contribution in [0.1, 0.15) is 0 Å². The molecule has 9 heavy (non-hydrogen) atoms. The van der Waals surface area contributed by atoms with Crippen LogP contribution in [0.25, 0.3) is 0 Å². The van der Waals surface area contributed by atoms with Gasteiger partial charge in [0.05, 0.1) is 0 Å². The molecule has 1 saturated heterocycles.